The molecule has 5 nitrogen and oxygen atoms in total. The fraction of sp³-hybridized carbons (Fsp3) is 0.923. The van der Waals surface area contributed by atoms with Gasteiger partial charge in [-0.1, -0.05) is 0 Å². The molecule has 0 aromatic rings. The standard InChI is InChI=1S/C13H23NO4S/c1-8(19(5,16)17)11-9-6-14(7-10(9)11)12(15)18-13(2,3)4/h8-11H,6-7H2,1-5H3/t8?,9-,10?,11?/m0/s1. The predicted octanol–water partition coefficient (Wildman–Crippen LogP) is 1.53. The number of sulfone groups is 1. The van der Waals surface area contributed by atoms with E-state index in [1.54, 1.807) is 11.8 Å². The Balaban J connectivity index is 1.89. The van der Waals surface area contributed by atoms with Gasteiger partial charge in [-0.3, -0.25) is 0 Å². The Bertz CT molecular complexity index is 467. The zero-order valence-electron chi connectivity index (χ0n) is 12.2. The summed E-state index contributed by atoms with van der Waals surface area (Å²) in [6.45, 7) is 8.56. The molecule has 0 aromatic heterocycles. The van der Waals surface area contributed by atoms with E-state index in [9.17, 15) is 13.2 Å². The Morgan fingerprint density at radius 2 is 1.74 bits per heavy atom. The summed E-state index contributed by atoms with van der Waals surface area (Å²) in [6.07, 6.45) is 1.00. The number of carbonyl (C=O) groups excluding carboxylic acids is 1. The van der Waals surface area contributed by atoms with Crippen LogP contribution in [0.15, 0.2) is 0 Å². The highest BCUT2D eigenvalue weighted by Gasteiger charge is 2.60. The molecule has 1 heterocycles. The number of hydrogen-bond donors (Lipinski definition) is 0. The van der Waals surface area contributed by atoms with E-state index in [2.05, 4.69) is 0 Å². The maximum Gasteiger partial charge on any atom is 0.410 e. The maximum absolute atomic E-state index is 11.9. The minimum absolute atomic E-state index is 0.216. The van der Waals surface area contributed by atoms with Gasteiger partial charge in [0.05, 0.1) is 5.25 Å². The monoisotopic (exact) mass is 289 g/mol. The summed E-state index contributed by atoms with van der Waals surface area (Å²) in [6, 6.07) is 0. The molecule has 0 spiro atoms. The van der Waals surface area contributed by atoms with E-state index in [1.165, 1.54) is 6.26 Å². The van der Waals surface area contributed by atoms with Crippen LogP contribution in [-0.4, -0.2) is 49.6 Å². The fourth-order valence-corrected chi connectivity index (χ4v) is 4.00. The molecule has 0 radical (unpaired) electrons. The van der Waals surface area contributed by atoms with Crippen molar-refractivity contribution in [3.63, 3.8) is 0 Å². The second-order valence-electron chi connectivity index (χ2n) is 6.83. The van der Waals surface area contributed by atoms with Crippen LogP contribution in [0.25, 0.3) is 0 Å². The Morgan fingerprint density at radius 3 is 2.11 bits per heavy atom. The summed E-state index contributed by atoms with van der Waals surface area (Å²) >= 11 is 0. The topological polar surface area (TPSA) is 63.7 Å². The molecule has 2 aliphatic rings. The number of likely N-dealkylation sites (tertiary alicyclic amines) is 1. The van der Waals surface area contributed by atoms with Gasteiger partial charge in [0.25, 0.3) is 0 Å². The Labute approximate surface area is 115 Å². The summed E-state index contributed by atoms with van der Waals surface area (Å²) in [4.78, 5) is 13.6. The van der Waals surface area contributed by atoms with Crippen molar-refractivity contribution in [2.75, 3.05) is 19.3 Å². The molecule has 0 aromatic carbocycles. The van der Waals surface area contributed by atoms with E-state index >= 15 is 0 Å². The zero-order valence-corrected chi connectivity index (χ0v) is 13.0. The highest BCUT2D eigenvalue weighted by Crippen LogP contribution is 2.54. The summed E-state index contributed by atoms with van der Waals surface area (Å²) in [7, 11) is -2.98. The summed E-state index contributed by atoms with van der Waals surface area (Å²) in [5.74, 6) is 0.878. The molecule has 6 heteroatoms. The molecular formula is C13H23NO4S. The quantitative estimate of drug-likeness (QED) is 0.773. The third-order valence-corrected chi connectivity index (χ3v) is 5.79. The van der Waals surface area contributed by atoms with Gasteiger partial charge in [0, 0.05) is 19.3 Å². The normalized spacial score (nSPS) is 31.8. The molecule has 110 valence electrons. The summed E-state index contributed by atoms with van der Waals surface area (Å²) < 4.78 is 28.4. The van der Waals surface area contributed by atoms with Crippen LogP contribution >= 0.6 is 0 Å². The molecule has 19 heavy (non-hydrogen) atoms. The third kappa shape index (κ3) is 3.04. The van der Waals surface area contributed by atoms with E-state index in [1.807, 2.05) is 20.8 Å². The molecule has 1 amide bonds. The second kappa shape index (κ2) is 4.36. The van der Waals surface area contributed by atoms with Crippen molar-refractivity contribution in [1.29, 1.82) is 0 Å². The van der Waals surface area contributed by atoms with E-state index < -0.39 is 15.4 Å². The van der Waals surface area contributed by atoms with Crippen LogP contribution in [0, 0.1) is 17.8 Å². The third-order valence-electron chi connectivity index (χ3n) is 4.13. The molecule has 1 saturated heterocycles. The van der Waals surface area contributed by atoms with Crippen molar-refractivity contribution in [1.82, 2.24) is 4.90 Å². The number of amides is 1. The molecule has 1 aliphatic heterocycles. The minimum atomic E-state index is -2.98. The van der Waals surface area contributed by atoms with Crippen LogP contribution in [0.1, 0.15) is 27.7 Å². The van der Waals surface area contributed by atoms with Crippen LogP contribution in [-0.2, 0) is 14.6 Å². The number of rotatable bonds is 2. The molecule has 2 fully saturated rings. The fourth-order valence-electron chi connectivity index (χ4n) is 3.03. The van der Waals surface area contributed by atoms with Crippen molar-refractivity contribution < 1.29 is 17.9 Å². The first-order valence-electron chi connectivity index (χ1n) is 6.67. The first-order valence-corrected chi connectivity index (χ1v) is 8.63. The first-order chi connectivity index (χ1) is 8.50. The van der Waals surface area contributed by atoms with E-state index in [0.717, 1.165) is 0 Å². The molecule has 1 aliphatic carbocycles. The number of ether oxygens (including phenoxy) is 1. The van der Waals surface area contributed by atoms with Gasteiger partial charge in [0.2, 0.25) is 0 Å². The lowest BCUT2D eigenvalue weighted by Crippen LogP contribution is -2.38. The van der Waals surface area contributed by atoms with Crippen molar-refractivity contribution in [3.8, 4) is 0 Å². The summed E-state index contributed by atoms with van der Waals surface area (Å²) in [5.41, 5.74) is -0.483. The van der Waals surface area contributed by atoms with Crippen LogP contribution in [0.3, 0.4) is 0 Å². The molecule has 3 unspecified atom stereocenters. The number of nitrogens with zero attached hydrogens (tertiary/aromatic N) is 1. The van der Waals surface area contributed by atoms with Crippen molar-refractivity contribution in [2.24, 2.45) is 17.8 Å². The maximum atomic E-state index is 11.9. The van der Waals surface area contributed by atoms with Gasteiger partial charge >= 0.3 is 6.09 Å². The average molecular weight is 289 g/mol. The SMILES string of the molecule is CC(C1C2CN(C(=O)OC(C)(C)C)C[C@@H]21)S(C)(=O)=O. The van der Waals surface area contributed by atoms with Crippen LogP contribution < -0.4 is 0 Å². The Kier molecular flexibility index (Phi) is 3.36. The molecule has 1 saturated carbocycles. The predicted molar refractivity (Wildman–Crippen MR) is 72.6 cm³/mol. The zero-order chi connectivity index (χ0) is 14.6. The van der Waals surface area contributed by atoms with Gasteiger partial charge in [0.15, 0.2) is 0 Å². The Morgan fingerprint density at radius 1 is 1.26 bits per heavy atom. The minimum Gasteiger partial charge on any atom is -0.444 e. The number of fused-ring (bicyclic) bond motifs is 1. The lowest BCUT2D eigenvalue weighted by atomic mass is 10.2. The lowest BCUT2D eigenvalue weighted by Gasteiger charge is -2.26. The van der Waals surface area contributed by atoms with Crippen LogP contribution in [0.2, 0.25) is 0 Å². The number of piperidine rings is 1. The highest BCUT2D eigenvalue weighted by molar-refractivity contribution is 7.91. The largest absolute Gasteiger partial charge is 0.444 e. The summed E-state index contributed by atoms with van der Waals surface area (Å²) in [5, 5.41) is -0.303. The van der Waals surface area contributed by atoms with Crippen molar-refractivity contribution in [3.05, 3.63) is 0 Å². The number of carbonyl (C=O) groups is 1. The average Bonchev–Trinajstić information content (AvgIpc) is 2.66. The number of hydrogen-bond acceptors (Lipinski definition) is 4. The molecule has 4 atom stereocenters. The first kappa shape index (κ1) is 14.6. The Hall–Kier alpha value is -0.780. The highest BCUT2D eigenvalue weighted by atomic mass is 32.2. The van der Waals surface area contributed by atoms with Gasteiger partial charge in [-0.05, 0) is 45.4 Å². The van der Waals surface area contributed by atoms with Gasteiger partial charge in [-0.25, -0.2) is 13.2 Å². The van der Waals surface area contributed by atoms with Gasteiger partial charge in [-0.15, -0.1) is 0 Å². The van der Waals surface area contributed by atoms with E-state index in [-0.39, 0.29) is 17.3 Å². The molecule has 2 rings (SSSR count). The van der Waals surface area contributed by atoms with Crippen molar-refractivity contribution in [2.45, 2.75) is 38.5 Å². The van der Waals surface area contributed by atoms with Crippen LogP contribution in [0.5, 0.6) is 0 Å². The van der Waals surface area contributed by atoms with Crippen molar-refractivity contribution >= 4 is 15.9 Å². The second-order valence-corrected chi connectivity index (χ2v) is 9.23. The smallest absolute Gasteiger partial charge is 0.410 e. The van der Waals surface area contributed by atoms with Gasteiger partial charge in [-0.2, -0.15) is 0 Å². The lowest BCUT2D eigenvalue weighted by molar-refractivity contribution is 0.0265. The van der Waals surface area contributed by atoms with E-state index in [0.29, 0.717) is 24.9 Å². The molecule has 0 bridgehead atoms. The van der Waals surface area contributed by atoms with Crippen LogP contribution in [0.4, 0.5) is 4.79 Å². The van der Waals surface area contributed by atoms with Gasteiger partial charge in [0.1, 0.15) is 15.4 Å². The van der Waals surface area contributed by atoms with E-state index in [4.69, 9.17) is 4.74 Å². The molecular weight excluding hydrogens is 266 g/mol. The molecule has 0 N–H and O–H groups in total. The van der Waals surface area contributed by atoms with Gasteiger partial charge < -0.3 is 9.64 Å².